The first kappa shape index (κ1) is 12.7. The van der Waals surface area contributed by atoms with Crippen LogP contribution in [0.5, 0.6) is 0 Å². The SMILES string of the molecule is CCC(O)CCCn1nnc2c(cnn2C)c1=O. The van der Waals surface area contributed by atoms with E-state index in [1.54, 1.807) is 7.05 Å². The normalized spacial score (nSPS) is 13.1. The zero-order valence-corrected chi connectivity index (χ0v) is 10.6. The van der Waals surface area contributed by atoms with Crippen molar-refractivity contribution in [3.05, 3.63) is 16.6 Å². The van der Waals surface area contributed by atoms with Crippen molar-refractivity contribution in [3.8, 4) is 0 Å². The Morgan fingerprint density at radius 1 is 1.50 bits per heavy atom. The zero-order chi connectivity index (χ0) is 13.1. The molecule has 2 aromatic rings. The molecule has 0 spiro atoms. The fourth-order valence-electron chi connectivity index (χ4n) is 1.80. The highest BCUT2D eigenvalue weighted by Crippen LogP contribution is 2.04. The van der Waals surface area contributed by atoms with Crippen molar-refractivity contribution in [1.82, 2.24) is 24.8 Å². The molecule has 0 saturated carbocycles. The van der Waals surface area contributed by atoms with Crippen LogP contribution in [-0.2, 0) is 13.6 Å². The average Bonchev–Trinajstić information content (AvgIpc) is 2.74. The van der Waals surface area contributed by atoms with Crippen LogP contribution in [0, 0.1) is 0 Å². The van der Waals surface area contributed by atoms with Crippen molar-refractivity contribution in [2.45, 2.75) is 38.8 Å². The van der Waals surface area contributed by atoms with E-state index >= 15 is 0 Å². The van der Waals surface area contributed by atoms with Crippen molar-refractivity contribution in [3.63, 3.8) is 0 Å². The van der Waals surface area contributed by atoms with Crippen molar-refractivity contribution in [2.75, 3.05) is 0 Å². The number of hydrogen-bond donors (Lipinski definition) is 1. The van der Waals surface area contributed by atoms with Gasteiger partial charge in [-0.15, -0.1) is 5.10 Å². The summed E-state index contributed by atoms with van der Waals surface area (Å²) < 4.78 is 2.85. The maximum absolute atomic E-state index is 12.0. The Morgan fingerprint density at radius 2 is 2.28 bits per heavy atom. The first-order valence-corrected chi connectivity index (χ1v) is 6.07. The molecular formula is C11H17N5O2. The monoisotopic (exact) mass is 251 g/mol. The van der Waals surface area contributed by atoms with Crippen LogP contribution in [0.4, 0.5) is 0 Å². The van der Waals surface area contributed by atoms with E-state index in [4.69, 9.17) is 0 Å². The number of aryl methyl sites for hydroxylation is 2. The molecule has 18 heavy (non-hydrogen) atoms. The minimum atomic E-state index is -0.309. The van der Waals surface area contributed by atoms with Gasteiger partial charge in [-0.2, -0.15) is 5.10 Å². The van der Waals surface area contributed by atoms with Crippen LogP contribution in [0.2, 0.25) is 0 Å². The lowest BCUT2D eigenvalue weighted by molar-refractivity contribution is 0.155. The molecule has 0 aromatic carbocycles. The standard InChI is InChI=1S/C11H17N5O2/c1-3-8(17)5-4-6-16-11(18)9-7-12-15(2)10(9)13-14-16/h7-8,17H,3-6H2,1-2H3. The second-order valence-electron chi connectivity index (χ2n) is 4.33. The van der Waals surface area contributed by atoms with Gasteiger partial charge in [-0.25, -0.2) is 9.36 Å². The Morgan fingerprint density at radius 3 is 3.00 bits per heavy atom. The molecule has 2 heterocycles. The van der Waals surface area contributed by atoms with E-state index in [1.165, 1.54) is 15.6 Å². The molecule has 0 aliphatic heterocycles. The van der Waals surface area contributed by atoms with Gasteiger partial charge in [0, 0.05) is 13.6 Å². The Bertz CT molecular complexity index is 589. The third-order valence-electron chi connectivity index (χ3n) is 3.00. The topological polar surface area (TPSA) is 85.8 Å². The highest BCUT2D eigenvalue weighted by molar-refractivity contribution is 5.72. The van der Waals surface area contributed by atoms with Gasteiger partial charge in [0.05, 0.1) is 12.3 Å². The maximum atomic E-state index is 12.0. The van der Waals surface area contributed by atoms with Crippen LogP contribution >= 0.6 is 0 Å². The summed E-state index contributed by atoms with van der Waals surface area (Å²) in [7, 11) is 1.72. The quantitative estimate of drug-likeness (QED) is 0.813. The summed E-state index contributed by atoms with van der Waals surface area (Å²) in [5.41, 5.74) is 0.309. The Hall–Kier alpha value is -1.76. The second-order valence-corrected chi connectivity index (χ2v) is 4.33. The number of aliphatic hydroxyl groups is 1. The molecule has 0 bridgehead atoms. The molecule has 2 aromatic heterocycles. The van der Waals surface area contributed by atoms with E-state index in [2.05, 4.69) is 15.4 Å². The van der Waals surface area contributed by atoms with Gasteiger partial charge in [0.25, 0.3) is 5.56 Å². The van der Waals surface area contributed by atoms with Crippen LogP contribution in [0.3, 0.4) is 0 Å². The summed E-state index contributed by atoms with van der Waals surface area (Å²) in [6.07, 6.45) is 3.28. The van der Waals surface area contributed by atoms with Gasteiger partial charge in [0.15, 0.2) is 5.65 Å². The molecule has 0 saturated heterocycles. The summed E-state index contributed by atoms with van der Waals surface area (Å²) in [5.74, 6) is 0. The van der Waals surface area contributed by atoms with E-state index in [-0.39, 0.29) is 11.7 Å². The molecule has 1 unspecified atom stereocenters. The zero-order valence-electron chi connectivity index (χ0n) is 10.6. The first-order valence-electron chi connectivity index (χ1n) is 6.07. The molecule has 1 N–H and O–H groups in total. The van der Waals surface area contributed by atoms with Gasteiger partial charge in [-0.3, -0.25) is 4.79 Å². The Kier molecular flexibility index (Phi) is 3.71. The van der Waals surface area contributed by atoms with Crippen LogP contribution in [0.15, 0.2) is 11.0 Å². The fourth-order valence-corrected chi connectivity index (χ4v) is 1.80. The number of aromatic nitrogens is 5. The number of aliphatic hydroxyl groups excluding tert-OH is 1. The largest absolute Gasteiger partial charge is 0.393 e. The van der Waals surface area contributed by atoms with Gasteiger partial charge < -0.3 is 5.11 Å². The molecule has 7 nitrogen and oxygen atoms in total. The maximum Gasteiger partial charge on any atom is 0.280 e. The van der Waals surface area contributed by atoms with E-state index in [0.717, 1.165) is 6.42 Å². The average molecular weight is 251 g/mol. The Labute approximate surface area is 104 Å². The fraction of sp³-hybridized carbons (Fsp3) is 0.636. The highest BCUT2D eigenvalue weighted by atomic mass is 16.3. The lowest BCUT2D eigenvalue weighted by atomic mass is 10.1. The molecule has 0 aliphatic carbocycles. The predicted molar refractivity (Wildman–Crippen MR) is 66.1 cm³/mol. The second kappa shape index (κ2) is 5.26. The summed E-state index contributed by atoms with van der Waals surface area (Å²) >= 11 is 0. The van der Waals surface area contributed by atoms with Gasteiger partial charge >= 0.3 is 0 Å². The Balaban J connectivity index is 2.15. The summed E-state index contributed by atoms with van der Waals surface area (Å²) in [4.78, 5) is 12.0. The van der Waals surface area contributed by atoms with Crippen molar-refractivity contribution in [1.29, 1.82) is 0 Å². The minimum absolute atomic E-state index is 0.181. The minimum Gasteiger partial charge on any atom is -0.393 e. The molecule has 98 valence electrons. The lowest BCUT2D eigenvalue weighted by Gasteiger charge is -2.07. The number of rotatable bonds is 5. The molecule has 2 rings (SSSR count). The van der Waals surface area contributed by atoms with E-state index in [0.29, 0.717) is 30.4 Å². The molecular weight excluding hydrogens is 234 g/mol. The van der Waals surface area contributed by atoms with E-state index in [9.17, 15) is 9.90 Å². The molecule has 7 heteroatoms. The smallest absolute Gasteiger partial charge is 0.280 e. The van der Waals surface area contributed by atoms with Crippen LogP contribution < -0.4 is 5.56 Å². The van der Waals surface area contributed by atoms with Crippen molar-refractivity contribution in [2.24, 2.45) is 7.05 Å². The molecule has 0 radical (unpaired) electrons. The van der Waals surface area contributed by atoms with Gasteiger partial charge in [-0.05, 0) is 19.3 Å². The number of fused-ring (bicyclic) bond motifs is 1. The van der Waals surface area contributed by atoms with Gasteiger partial charge in [0.2, 0.25) is 0 Å². The summed E-state index contributed by atoms with van der Waals surface area (Å²) in [6, 6.07) is 0. The van der Waals surface area contributed by atoms with E-state index < -0.39 is 0 Å². The number of nitrogens with zero attached hydrogens (tertiary/aromatic N) is 5. The lowest BCUT2D eigenvalue weighted by Crippen LogP contribution is -2.24. The summed E-state index contributed by atoms with van der Waals surface area (Å²) in [6.45, 7) is 2.39. The van der Waals surface area contributed by atoms with Gasteiger partial charge in [-0.1, -0.05) is 12.1 Å². The van der Waals surface area contributed by atoms with Crippen molar-refractivity contribution < 1.29 is 5.11 Å². The number of hydrogen-bond acceptors (Lipinski definition) is 5. The molecule has 1 atom stereocenters. The third-order valence-corrected chi connectivity index (χ3v) is 3.00. The highest BCUT2D eigenvalue weighted by Gasteiger charge is 2.09. The van der Waals surface area contributed by atoms with Gasteiger partial charge in [0.1, 0.15) is 5.39 Å². The molecule has 0 fully saturated rings. The van der Waals surface area contributed by atoms with Crippen LogP contribution in [0.25, 0.3) is 11.0 Å². The van der Waals surface area contributed by atoms with E-state index in [1.807, 2.05) is 6.92 Å². The van der Waals surface area contributed by atoms with Crippen LogP contribution in [-0.4, -0.2) is 36.0 Å². The molecule has 0 amide bonds. The van der Waals surface area contributed by atoms with Crippen molar-refractivity contribution >= 4 is 11.0 Å². The first-order chi connectivity index (χ1) is 8.63. The summed E-state index contributed by atoms with van der Waals surface area (Å²) in [5, 5.41) is 21.7. The molecule has 0 aliphatic rings. The predicted octanol–water partition coefficient (Wildman–Crippen LogP) is 0.0761. The third kappa shape index (κ3) is 2.40. The van der Waals surface area contributed by atoms with Crippen LogP contribution in [0.1, 0.15) is 26.2 Å².